The Morgan fingerprint density at radius 3 is 3.00 bits per heavy atom. The number of halogens is 2. The number of hydrogen-bond acceptors (Lipinski definition) is 3. The van der Waals surface area contributed by atoms with E-state index in [0.717, 1.165) is 27.6 Å². The first-order valence-electron chi connectivity index (χ1n) is 6.49. The van der Waals surface area contributed by atoms with Crippen LogP contribution in [0.5, 0.6) is 0 Å². The van der Waals surface area contributed by atoms with Crippen LogP contribution in [-0.2, 0) is 6.54 Å². The molecular weight excluding hydrogens is 400 g/mol. The normalized spacial score (nSPS) is 17.8. The standard InChI is InChI=1S/C15H14Br2N2S/c16-10-7-12(17)14(18-8-10)9-19-13-5-6-20-15-4-2-1-3-11(13)15/h1-4,7-8,13,19H,5-6,9H2. The number of nitrogens with one attached hydrogen (secondary N) is 1. The molecule has 0 spiro atoms. The van der Waals surface area contributed by atoms with Crippen molar-refractivity contribution in [3.05, 3.63) is 56.7 Å². The predicted molar refractivity (Wildman–Crippen MR) is 91.0 cm³/mol. The molecule has 1 unspecified atom stereocenters. The van der Waals surface area contributed by atoms with Gasteiger partial charge in [0.2, 0.25) is 0 Å². The zero-order chi connectivity index (χ0) is 13.9. The van der Waals surface area contributed by atoms with Gasteiger partial charge in [-0.15, -0.1) is 11.8 Å². The lowest BCUT2D eigenvalue weighted by molar-refractivity contribution is 0.505. The molecular formula is C15H14Br2N2S. The van der Waals surface area contributed by atoms with Gasteiger partial charge in [0.05, 0.1) is 5.69 Å². The maximum atomic E-state index is 4.46. The first-order chi connectivity index (χ1) is 9.74. The van der Waals surface area contributed by atoms with E-state index >= 15 is 0 Å². The molecule has 1 aromatic carbocycles. The van der Waals surface area contributed by atoms with Crippen LogP contribution >= 0.6 is 43.6 Å². The van der Waals surface area contributed by atoms with E-state index in [-0.39, 0.29) is 0 Å². The Bertz CT molecular complexity index is 619. The Hall–Kier alpha value is -0.360. The summed E-state index contributed by atoms with van der Waals surface area (Å²) >= 11 is 8.95. The molecule has 0 aliphatic carbocycles. The van der Waals surface area contributed by atoms with E-state index in [4.69, 9.17) is 0 Å². The maximum Gasteiger partial charge on any atom is 0.0684 e. The van der Waals surface area contributed by atoms with Crippen molar-refractivity contribution in [2.75, 3.05) is 5.75 Å². The molecule has 0 amide bonds. The summed E-state index contributed by atoms with van der Waals surface area (Å²) in [7, 11) is 0. The first kappa shape index (κ1) is 14.6. The minimum Gasteiger partial charge on any atom is -0.304 e. The zero-order valence-electron chi connectivity index (χ0n) is 10.8. The molecule has 0 bridgehead atoms. The molecule has 2 heterocycles. The lowest BCUT2D eigenvalue weighted by atomic mass is 10.0. The monoisotopic (exact) mass is 412 g/mol. The van der Waals surface area contributed by atoms with E-state index in [1.807, 2.05) is 24.0 Å². The van der Waals surface area contributed by atoms with Crippen molar-refractivity contribution >= 4 is 43.6 Å². The van der Waals surface area contributed by atoms with Gasteiger partial charge < -0.3 is 5.32 Å². The largest absolute Gasteiger partial charge is 0.304 e. The van der Waals surface area contributed by atoms with Crippen molar-refractivity contribution in [2.45, 2.75) is 23.9 Å². The Balaban J connectivity index is 1.73. The molecule has 1 atom stereocenters. The molecule has 0 saturated heterocycles. The van der Waals surface area contributed by atoms with Crippen molar-refractivity contribution in [1.29, 1.82) is 0 Å². The average molecular weight is 414 g/mol. The summed E-state index contributed by atoms with van der Waals surface area (Å²) in [4.78, 5) is 5.86. The Kier molecular flexibility index (Phi) is 4.81. The van der Waals surface area contributed by atoms with Gasteiger partial charge in [-0.3, -0.25) is 4.98 Å². The number of pyridine rings is 1. The second-order valence-electron chi connectivity index (χ2n) is 4.69. The molecule has 0 fully saturated rings. The summed E-state index contributed by atoms with van der Waals surface area (Å²) in [5, 5.41) is 3.63. The highest BCUT2D eigenvalue weighted by atomic mass is 79.9. The fourth-order valence-corrected chi connectivity index (χ4v) is 4.60. The van der Waals surface area contributed by atoms with Gasteiger partial charge in [-0.05, 0) is 61.7 Å². The van der Waals surface area contributed by atoms with Gasteiger partial charge in [0.15, 0.2) is 0 Å². The summed E-state index contributed by atoms with van der Waals surface area (Å²) < 4.78 is 2.03. The lowest BCUT2D eigenvalue weighted by Gasteiger charge is -2.26. The molecule has 104 valence electrons. The van der Waals surface area contributed by atoms with E-state index in [0.29, 0.717) is 6.04 Å². The molecule has 2 nitrogen and oxygen atoms in total. The van der Waals surface area contributed by atoms with Crippen LogP contribution in [0.25, 0.3) is 0 Å². The van der Waals surface area contributed by atoms with Crippen LogP contribution in [0, 0.1) is 0 Å². The quantitative estimate of drug-likeness (QED) is 0.771. The van der Waals surface area contributed by atoms with Crippen molar-refractivity contribution in [2.24, 2.45) is 0 Å². The van der Waals surface area contributed by atoms with Crippen molar-refractivity contribution < 1.29 is 0 Å². The molecule has 5 heteroatoms. The van der Waals surface area contributed by atoms with Crippen LogP contribution in [0.4, 0.5) is 0 Å². The second kappa shape index (κ2) is 6.60. The Labute approximate surface area is 140 Å². The molecule has 20 heavy (non-hydrogen) atoms. The van der Waals surface area contributed by atoms with E-state index in [9.17, 15) is 0 Å². The number of nitrogens with zero attached hydrogens (tertiary/aromatic N) is 1. The number of rotatable bonds is 3. The maximum absolute atomic E-state index is 4.46. The SMILES string of the molecule is Brc1cnc(CNC2CCSc3ccccc32)c(Br)c1. The minimum absolute atomic E-state index is 0.421. The zero-order valence-corrected chi connectivity index (χ0v) is 14.8. The summed E-state index contributed by atoms with van der Waals surface area (Å²) in [6, 6.07) is 11.1. The highest BCUT2D eigenvalue weighted by Crippen LogP contribution is 2.36. The smallest absolute Gasteiger partial charge is 0.0684 e. The molecule has 2 aromatic rings. The van der Waals surface area contributed by atoms with E-state index in [1.165, 1.54) is 16.2 Å². The highest BCUT2D eigenvalue weighted by molar-refractivity contribution is 9.11. The fourth-order valence-electron chi connectivity index (χ4n) is 2.35. The molecule has 1 N–H and O–H groups in total. The van der Waals surface area contributed by atoms with E-state index in [2.05, 4.69) is 66.4 Å². The predicted octanol–water partition coefficient (Wildman–Crippen LogP) is 4.93. The van der Waals surface area contributed by atoms with Crippen LogP contribution < -0.4 is 5.32 Å². The van der Waals surface area contributed by atoms with Crippen molar-refractivity contribution in [3.8, 4) is 0 Å². The highest BCUT2D eigenvalue weighted by Gasteiger charge is 2.20. The number of thioether (sulfide) groups is 1. The number of benzene rings is 1. The minimum atomic E-state index is 0.421. The van der Waals surface area contributed by atoms with Crippen molar-refractivity contribution in [3.63, 3.8) is 0 Å². The first-order valence-corrected chi connectivity index (χ1v) is 9.06. The third-order valence-electron chi connectivity index (χ3n) is 3.36. The topological polar surface area (TPSA) is 24.9 Å². The molecule has 3 rings (SSSR count). The van der Waals surface area contributed by atoms with E-state index in [1.54, 1.807) is 0 Å². The van der Waals surface area contributed by atoms with E-state index < -0.39 is 0 Å². The van der Waals surface area contributed by atoms with Crippen LogP contribution in [0.1, 0.15) is 23.7 Å². The Morgan fingerprint density at radius 1 is 1.30 bits per heavy atom. The third-order valence-corrected chi connectivity index (χ3v) is 5.60. The average Bonchev–Trinajstić information content (AvgIpc) is 2.46. The van der Waals surface area contributed by atoms with Crippen LogP contribution in [-0.4, -0.2) is 10.7 Å². The summed E-state index contributed by atoms with van der Waals surface area (Å²) in [6.07, 6.45) is 3.00. The van der Waals surface area contributed by atoms with Gasteiger partial charge >= 0.3 is 0 Å². The molecule has 1 aliphatic rings. The number of aromatic nitrogens is 1. The fraction of sp³-hybridized carbons (Fsp3) is 0.267. The second-order valence-corrected chi connectivity index (χ2v) is 7.60. The summed E-state index contributed by atoms with van der Waals surface area (Å²) in [5.74, 6) is 1.17. The summed E-state index contributed by atoms with van der Waals surface area (Å²) in [5.41, 5.74) is 2.46. The molecule has 0 radical (unpaired) electrons. The van der Waals surface area contributed by atoms with Gasteiger partial charge in [0.1, 0.15) is 0 Å². The van der Waals surface area contributed by atoms with Crippen LogP contribution in [0.3, 0.4) is 0 Å². The van der Waals surface area contributed by atoms with Gasteiger partial charge in [-0.25, -0.2) is 0 Å². The van der Waals surface area contributed by atoms with Gasteiger partial charge in [-0.1, -0.05) is 18.2 Å². The van der Waals surface area contributed by atoms with Crippen LogP contribution in [0.15, 0.2) is 50.4 Å². The van der Waals surface area contributed by atoms with Gasteiger partial charge in [0, 0.05) is 32.6 Å². The lowest BCUT2D eigenvalue weighted by Crippen LogP contribution is -2.24. The number of fused-ring (bicyclic) bond motifs is 1. The molecule has 1 aromatic heterocycles. The molecule has 0 saturated carbocycles. The molecule has 1 aliphatic heterocycles. The Morgan fingerprint density at radius 2 is 2.15 bits per heavy atom. The van der Waals surface area contributed by atoms with Gasteiger partial charge in [-0.2, -0.15) is 0 Å². The summed E-state index contributed by atoms with van der Waals surface area (Å²) in [6.45, 7) is 0.775. The third kappa shape index (κ3) is 3.27. The van der Waals surface area contributed by atoms with Crippen molar-refractivity contribution in [1.82, 2.24) is 10.3 Å². The van der Waals surface area contributed by atoms with Gasteiger partial charge in [0.25, 0.3) is 0 Å². The number of hydrogen-bond donors (Lipinski definition) is 1. The van der Waals surface area contributed by atoms with Crippen LogP contribution in [0.2, 0.25) is 0 Å².